The first-order valence-corrected chi connectivity index (χ1v) is 9.49. The van der Waals surface area contributed by atoms with Crippen molar-refractivity contribution in [3.8, 4) is 0 Å². The second-order valence-corrected chi connectivity index (χ2v) is 6.72. The Morgan fingerprint density at radius 1 is 1.00 bits per heavy atom. The highest BCUT2D eigenvalue weighted by Gasteiger charge is 2.16. The number of aryl methyl sites for hydroxylation is 1. The lowest BCUT2D eigenvalue weighted by Crippen LogP contribution is -2.37. The molecule has 1 atom stereocenters. The van der Waals surface area contributed by atoms with Crippen LogP contribution in [0.1, 0.15) is 31.4 Å². The standard InChI is InChI=1S/C23H26N2O4/c1-17(13-14-19-9-5-3-6-10-19)24-22(27)16-29-23(28)21(25-18(2)26)15-20-11-7-4-8-12-20/h3-12,15,17H,13-14,16H2,1-2H3,(H,24,27)(H,25,26)/b21-15-/t17-/m1/s1. The highest BCUT2D eigenvalue weighted by atomic mass is 16.5. The third-order valence-electron chi connectivity index (χ3n) is 4.09. The summed E-state index contributed by atoms with van der Waals surface area (Å²) < 4.78 is 5.07. The molecule has 2 aromatic carbocycles. The van der Waals surface area contributed by atoms with Crippen LogP contribution in [0, 0.1) is 0 Å². The van der Waals surface area contributed by atoms with Crippen molar-refractivity contribution in [3.63, 3.8) is 0 Å². The van der Waals surface area contributed by atoms with Crippen molar-refractivity contribution in [2.75, 3.05) is 6.61 Å². The molecule has 0 aliphatic rings. The van der Waals surface area contributed by atoms with E-state index in [1.165, 1.54) is 18.6 Å². The zero-order valence-corrected chi connectivity index (χ0v) is 16.7. The Morgan fingerprint density at radius 3 is 2.24 bits per heavy atom. The van der Waals surface area contributed by atoms with Crippen molar-refractivity contribution in [1.29, 1.82) is 0 Å². The lowest BCUT2D eigenvalue weighted by molar-refractivity contribution is -0.145. The lowest BCUT2D eigenvalue weighted by atomic mass is 10.1. The van der Waals surface area contributed by atoms with Gasteiger partial charge in [-0.1, -0.05) is 60.7 Å². The zero-order chi connectivity index (χ0) is 21.1. The topological polar surface area (TPSA) is 84.5 Å². The van der Waals surface area contributed by atoms with Crippen LogP contribution < -0.4 is 10.6 Å². The van der Waals surface area contributed by atoms with Gasteiger partial charge in [-0.25, -0.2) is 4.79 Å². The van der Waals surface area contributed by atoms with Crippen LogP contribution in [-0.4, -0.2) is 30.4 Å². The maximum Gasteiger partial charge on any atom is 0.355 e. The molecule has 0 radical (unpaired) electrons. The van der Waals surface area contributed by atoms with Gasteiger partial charge in [0.15, 0.2) is 6.61 Å². The molecule has 29 heavy (non-hydrogen) atoms. The molecule has 2 aromatic rings. The Kier molecular flexibility index (Phi) is 8.63. The Balaban J connectivity index is 1.84. The summed E-state index contributed by atoms with van der Waals surface area (Å²) >= 11 is 0. The van der Waals surface area contributed by atoms with Gasteiger partial charge < -0.3 is 15.4 Å². The minimum Gasteiger partial charge on any atom is -0.451 e. The van der Waals surface area contributed by atoms with Gasteiger partial charge >= 0.3 is 5.97 Å². The third kappa shape index (κ3) is 8.43. The molecular formula is C23H26N2O4. The van der Waals surface area contributed by atoms with Crippen molar-refractivity contribution < 1.29 is 19.1 Å². The Labute approximate surface area is 171 Å². The van der Waals surface area contributed by atoms with Gasteiger partial charge in [0.2, 0.25) is 5.91 Å². The minimum atomic E-state index is -0.767. The van der Waals surface area contributed by atoms with Gasteiger partial charge in [0.25, 0.3) is 5.91 Å². The van der Waals surface area contributed by atoms with E-state index >= 15 is 0 Å². The number of hydrogen-bond acceptors (Lipinski definition) is 4. The number of carbonyl (C=O) groups excluding carboxylic acids is 3. The molecule has 152 valence electrons. The zero-order valence-electron chi connectivity index (χ0n) is 16.7. The Bertz CT molecular complexity index is 848. The first kappa shape index (κ1) is 21.9. The quantitative estimate of drug-likeness (QED) is 0.506. The van der Waals surface area contributed by atoms with Gasteiger partial charge in [0, 0.05) is 13.0 Å². The number of hydrogen-bond donors (Lipinski definition) is 2. The van der Waals surface area contributed by atoms with Crippen LogP contribution >= 0.6 is 0 Å². The van der Waals surface area contributed by atoms with Crippen LogP contribution in [0.5, 0.6) is 0 Å². The van der Waals surface area contributed by atoms with Crippen molar-refractivity contribution >= 4 is 23.9 Å². The molecule has 6 nitrogen and oxygen atoms in total. The van der Waals surface area contributed by atoms with E-state index < -0.39 is 18.5 Å². The normalized spacial score (nSPS) is 12.0. The molecular weight excluding hydrogens is 368 g/mol. The van der Waals surface area contributed by atoms with E-state index in [0.29, 0.717) is 0 Å². The largest absolute Gasteiger partial charge is 0.451 e. The van der Waals surface area contributed by atoms with Crippen LogP contribution in [0.3, 0.4) is 0 Å². The van der Waals surface area contributed by atoms with Crippen molar-refractivity contribution in [3.05, 3.63) is 77.5 Å². The summed E-state index contributed by atoms with van der Waals surface area (Å²) in [4.78, 5) is 35.8. The van der Waals surface area contributed by atoms with Gasteiger partial charge in [-0.2, -0.15) is 0 Å². The summed E-state index contributed by atoms with van der Waals surface area (Å²) in [7, 11) is 0. The molecule has 0 unspecified atom stereocenters. The molecule has 0 fully saturated rings. The van der Waals surface area contributed by atoms with Crippen LogP contribution in [-0.2, 0) is 25.5 Å². The van der Waals surface area contributed by atoms with Crippen LogP contribution in [0.4, 0.5) is 0 Å². The fourth-order valence-corrected chi connectivity index (χ4v) is 2.68. The van der Waals surface area contributed by atoms with Crippen molar-refractivity contribution in [2.24, 2.45) is 0 Å². The molecule has 0 saturated heterocycles. The minimum absolute atomic E-state index is 0.0198. The summed E-state index contributed by atoms with van der Waals surface area (Å²) in [6.45, 7) is 2.79. The monoisotopic (exact) mass is 394 g/mol. The van der Waals surface area contributed by atoms with E-state index in [1.54, 1.807) is 12.1 Å². The molecule has 0 saturated carbocycles. The molecule has 0 aliphatic carbocycles. The molecule has 2 rings (SSSR count). The molecule has 2 N–H and O–H groups in total. The van der Waals surface area contributed by atoms with Gasteiger partial charge in [0.1, 0.15) is 5.70 Å². The fourth-order valence-electron chi connectivity index (χ4n) is 2.68. The van der Waals surface area contributed by atoms with Crippen molar-refractivity contribution in [2.45, 2.75) is 32.7 Å². The van der Waals surface area contributed by atoms with Gasteiger partial charge in [-0.15, -0.1) is 0 Å². The highest BCUT2D eigenvalue weighted by molar-refractivity contribution is 5.98. The van der Waals surface area contributed by atoms with E-state index in [1.807, 2.05) is 55.5 Å². The fraction of sp³-hybridized carbons (Fsp3) is 0.261. The van der Waals surface area contributed by atoms with E-state index in [4.69, 9.17) is 4.74 Å². The number of nitrogens with one attached hydrogen (secondary N) is 2. The average molecular weight is 394 g/mol. The molecule has 0 spiro atoms. The van der Waals surface area contributed by atoms with E-state index in [9.17, 15) is 14.4 Å². The summed E-state index contributed by atoms with van der Waals surface area (Å²) in [5, 5.41) is 5.26. The number of carbonyl (C=O) groups is 3. The van der Waals surface area contributed by atoms with E-state index in [-0.39, 0.29) is 17.6 Å². The first-order valence-electron chi connectivity index (χ1n) is 9.49. The van der Waals surface area contributed by atoms with Crippen molar-refractivity contribution in [1.82, 2.24) is 10.6 Å². The SMILES string of the molecule is CC(=O)N/C(=C\c1ccccc1)C(=O)OCC(=O)N[C@H](C)CCc1ccccc1. The second-order valence-electron chi connectivity index (χ2n) is 6.72. The molecule has 0 aliphatic heterocycles. The Hall–Kier alpha value is -3.41. The van der Waals surface area contributed by atoms with Gasteiger partial charge in [0.05, 0.1) is 0 Å². The molecule has 2 amide bonds. The molecule has 6 heteroatoms. The van der Waals surface area contributed by atoms with Crippen LogP contribution in [0.15, 0.2) is 66.4 Å². The maximum atomic E-state index is 12.3. The molecule has 0 bridgehead atoms. The summed E-state index contributed by atoms with van der Waals surface area (Å²) in [5.74, 6) is -1.56. The highest BCUT2D eigenvalue weighted by Crippen LogP contribution is 2.07. The average Bonchev–Trinajstić information content (AvgIpc) is 2.71. The predicted octanol–water partition coefficient (Wildman–Crippen LogP) is 2.84. The van der Waals surface area contributed by atoms with E-state index in [2.05, 4.69) is 10.6 Å². The number of benzene rings is 2. The predicted molar refractivity (Wildman–Crippen MR) is 112 cm³/mol. The number of esters is 1. The van der Waals surface area contributed by atoms with E-state index in [0.717, 1.165) is 18.4 Å². The summed E-state index contributed by atoms with van der Waals surface area (Å²) in [5.41, 5.74) is 1.91. The maximum absolute atomic E-state index is 12.3. The lowest BCUT2D eigenvalue weighted by Gasteiger charge is -2.14. The summed E-state index contributed by atoms with van der Waals surface area (Å²) in [6.07, 6.45) is 3.12. The third-order valence-corrected chi connectivity index (χ3v) is 4.09. The first-order chi connectivity index (χ1) is 13.9. The molecule has 0 aromatic heterocycles. The van der Waals surface area contributed by atoms with Crippen LogP contribution in [0.2, 0.25) is 0 Å². The second kappa shape index (κ2) is 11.4. The molecule has 0 heterocycles. The summed E-state index contributed by atoms with van der Waals surface area (Å²) in [6, 6.07) is 19.0. The number of rotatable bonds is 9. The number of ether oxygens (including phenoxy) is 1. The van der Waals surface area contributed by atoms with Crippen LogP contribution in [0.25, 0.3) is 6.08 Å². The Morgan fingerprint density at radius 2 is 1.62 bits per heavy atom. The van der Waals surface area contributed by atoms with Gasteiger partial charge in [-0.3, -0.25) is 9.59 Å². The van der Waals surface area contributed by atoms with Gasteiger partial charge in [-0.05, 0) is 37.0 Å². The number of amides is 2. The smallest absolute Gasteiger partial charge is 0.355 e.